The molecule has 0 saturated carbocycles. The van der Waals surface area contributed by atoms with Gasteiger partial charge in [-0.05, 0) is 24.3 Å². The van der Waals surface area contributed by atoms with Gasteiger partial charge in [0.1, 0.15) is 11.3 Å². The zero-order chi connectivity index (χ0) is 19.2. The van der Waals surface area contributed by atoms with Crippen LogP contribution in [0.25, 0.3) is 10.9 Å². The molecule has 0 bridgehead atoms. The van der Waals surface area contributed by atoms with Crippen molar-refractivity contribution in [1.82, 2.24) is 20.0 Å². The molecule has 0 aliphatic carbocycles. The van der Waals surface area contributed by atoms with Gasteiger partial charge in [0.05, 0.1) is 23.4 Å². The number of carbonyl (C=O) groups excluding carboxylic acids is 2. The average Bonchev–Trinajstić information content (AvgIpc) is 2.68. The van der Waals surface area contributed by atoms with Crippen LogP contribution in [0.4, 0.5) is 5.82 Å². The number of hydrogen-bond acceptors (Lipinski definition) is 7. The third-order valence-corrected chi connectivity index (χ3v) is 3.74. The quantitative estimate of drug-likeness (QED) is 0.635. The van der Waals surface area contributed by atoms with E-state index in [2.05, 4.69) is 20.6 Å². The molecule has 3 aromatic rings. The van der Waals surface area contributed by atoms with E-state index in [1.54, 1.807) is 30.3 Å². The largest absolute Gasteiger partial charge is 0.456 e. The van der Waals surface area contributed by atoms with Gasteiger partial charge < -0.3 is 10.1 Å². The van der Waals surface area contributed by atoms with Crippen LogP contribution in [0.2, 0.25) is 5.02 Å². The van der Waals surface area contributed by atoms with Crippen molar-refractivity contribution in [2.24, 2.45) is 0 Å². The number of nitrogens with one attached hydrogen (secondary N) is 1. The van der Waals surface area contributed by atoms with E-state index >= 15 is 0 Å². The third kappa shape index (κ3) is 4.85. The van der Waals surface area contributed by atoms with Crippen molar-refractivity contribution in [2.45, 2.75) is 13.0 Å². The first kappa shape index (κ1) is 18.5. The first-order valence-corrected chi connectivity index (χ1v) is 8.30. The summed E-state index contributed by atoms with van der Waals surface area (Å²) in [5.74, 6) is -0.893. The number of fused-ring (bicyclic) bond motifs is 1. The normalized spacial score (nSPS) is 10.6. The van der Waals surface area contributed by atoms with Crippen LogP contribution in [0.3, 0.4) is 0 Å². The summed E-state index contributed by atoms with van der Waals surface area (Å²) in [5.41, 5.74) is 0.133. The SMILES string of the molecule is O=C(COC(=O)CCn1nnc2ccccc2c1=O)Nc1ccc(Cl)cn1. The molecule has 2 heterocycles. The zero-order valence-corrected chi connectivity index (χ0v) is 14.7. The molecule has 1 aromatic carbocycles. The van der Waals surface area contributed by atoms with E-state index in [-0.39, 0.29) is 18.5 Å². The number of nitrogens with zero attached hydrogens (tertiary/aromatic N) is 4. The Balaban J connectivity index is 1.50. The Kier molecular flexibility index (Phi) is 5.72. The Morgan fingerprint density at radius 1 is 1.19 bits per heavy atom. The molecule has 3 rings (SSSR count). The molecule has 138 valence electrons. The van der Waals surface area contributed by atoms with Gasteiger partial charge in [-0.25, -0.2) is 9.67 Å². The highest BCUT2D eigenvalue weighted by Gasteiger charge is 2.11. The van der Waals surface area contributed by atoms with Crippen molar-refractivity contribution >= 4 is 40.2 Å². The van der Waals surface area contributed by atoms with Crippen LogP contribution in [-0.4, -0.2) is 38.5 Å². The van der Waals surface area contributed by atoms with Crippen LogP contribution in [0.15, 0.2) is 47.4 Å². The minimum Gasteiger partial charge on any atom is -0.456 e. The molecule has 0 fully saturated rings. The maximum Gasteiger partial charge on any atom is 0.308 e. The molecule has 9 nitrogen and oxygen atoms in total. The van der Waals surface area contributed by atoms with Gasteiger partial charge in [0.2, 0.25) is 0 Å². The fourth-order valence-electron chi connectivity index (χ4n) is 2.21. The van der Waals surface area contributed by atoms with Crippen LogP contribution >= 0.6 is 11.6 Å². The molecule has 1 amide bonds. The smallest absolute Gasteiger partial charge is 0.308 e. The lowest BCUT2D eigenvalue weighted by atomic mass is 10.2. The highest BCUT2D eigenvalue weighted by Crippen LogP contribution is 2.09. The Morgan fingerprint density at radius 3 is 2.78 bits per heavy atom. The van der Waals surface area contributed by atoms with E-state index in [4.69, 9.17) is 16.3 Å². The number of amides is 1. The molecule has 27 heavy (non-hydrogen) atoms. The van der Waals surface area contributed by atoms with Gasteiger partial charge in [-0.2, -0.15) is 0 Å². The summed E-state index contributed by atoms with van der Waals surface area (Å²) in [5, 5.41) is 11.0. The molecule has 1 N–H and O–H groups in total. The predicted octanol–water partition coefficient (Wildman–Crippen LogP) is 1.41. The lowest BCUT2D eigenvalue weighted by molar-refractivity contribution is -0.147. The number of hydrogen-bond donors (Lipinski definition) is 1. The molecule has 0 atom stereocenters. The number of aryl methyl sites for hydroxylation is 1. The summed E-state index contributed by atoms with van der Waals surface area (Å²) in [4.78, 5) is 39.7. The maximum atomic E-state index is 12.3. The van der Waals surface area contributed by atoms with Gasteiger partial charge in [0.15, 0.2) is 6.61 Å². The summed E-state index contributed by atoms with van der Waals surface area (Å²) in [6, 6.07) is 9.87. The van der Waals surface area contributed by atoms with Crippen LogP contribution in [0.5, 0.6) is 0 Å². The lowest BCUT2D eigenvalue weighted by Gasteiger charge is -2.07. The first-order valence-electron chi connectivity index (χ1n) is 7.92. The van der Waals surface area contributed by atoms with Gasteiger partial charge >= 0.3 is 5.97 Å². The number of benzene rings is 1. The van der Waals surface area contributed by atoms with Crippen molar-refractivity contribution in [3.8, 4) is 0 Å². The third-order valence-electron chi connectivity index (χ3n) is 3.52. The Hall–Kier alpha value is -3.33. The van der Waals surface area contributed by atoms with Crippen molar-refractivity contribution in [1.29, 1.82) is 0 Å². The van der Waals surface area contributed by atoms with E-state index in [0.717, 1.165) is 4.68 Å². The molecule has 0 saturated heterocycles. The topological polar surface area (TPSA) is 116 Å². The fourth-order valence-corrected chi connectivity index (χ4v) is 2.33. The van der Waals surface area contributed by atoms with Crippen LogP contribution in [0, 0.1) is 0 Å². The number of pyridine rings is 1. The number of rotatable bonds is 6. The summed E-state index contributed by atoms with van der Waals surface area (Å²) < 4.78 is 5.97. The molecular weight excluding hydrogens is 374 g/mol. The Labute approximate surface area is 157 Å². The first-order chi connectivity index (χ1) is 13.0. The lowest BCUT2D eigenvalue weighted by Crippen LogP contribution is -2.26. The van der Waals surface area contributed by atoms with Crippen molar-refractivity contribution in [2.75, 3.05) is 11.9 Å². The Morgan fingerprint density at radius 2 is 2.00 bits per heavy atom. The van der Waals surface area contributed by atoms with Crippen molar-refractivity contribution in [3.63, 3.8) is 0 Å². The maximum absolute atomic E-state index is 12.3. The number of esters is 1. The molecule has 0 unspecified atom stereocenters. The van der Waals surface area contributed by atoms with E-state index in [1.165, 1.54) is 12.3 Å². The zero-order valence-electron chi connectivity index (χ0n) is 14.0. The van der Waals surface area contributed by atoms with Crippen molar-refractivity contribution in [3.05, 3.63) is 58.0 Å². The van der Waals surface area contributed by atoms with Crippen LogP contribution < -0.4 is 10.9 Å². The van der Waals surface area contributed by atoms with Crippen LogP contribution in [-0.2, 0) is 20.9 Å². The van der Waals surface area contributed by atoms with E-state index in [9.17, 15) is 14.4 Å². The van der Waals surface area contributed by atoms with Gasteiger partial charge in [0, 0.05) is 6.20 Å². The predicted molar refractivity (Wildman–Crippen MR) is 97.3 cm³/mol. The number of carbonyl (C=O) groups is 2. The van der Waals surface area contributed by atoms with E-state index in [1.807, 2.05) is 0 Å². The highest BCUT2D eigenvalue weighted by atomic mass is 35.5. The second-order valence-corrected chi connectivity index (χ2v) is 5.89. The fraction of sp³-hybridized carbons (Fsp3) is 0.176. The van der Waals surface area contributed by atoms with Gasteiger partial charge in [-0.15, -0.1) is 5.10 Å². The van der Waals surface area contributed by atoms with Gasteiger partial charge in [-0.1, -0.05) is 28.9 Å². The van der Waals surface area contributed by atoms with Crippen LogP contribution in [0.1, 0.15) is 6.42 Å². The van der Waals surface area contributed by atoms with Crippen molar-refractivity contribution < 1.29 is 14.3 Å². The minimum atomic E-state index is -0.643. The van der Waals surface area contributed by atoms with Gasteiger partial charge in [-0.3, -0.25) is 14.4 Å². The molecular formula is C17H14ClN5O4. The molecule has 0 aliphatic rings. The summed E-state index contributed by atoms with van der Waals surface area (Å²) in [7, 11) is 0. The highest BCUT2D eigenvalue weighted by molar-refractivity contribution is 6.30. The Bertz CT molecular complexity index is 1040. The summed E-state index contributed by atoms with van der Waals surface area (Å²) >= 11 is 5.70. The molecule has 10 heteroatoms. The van der Waals surface area contributed by atoms with E-state index in [0.29, 0.717) is 21.7 Å². The molecule has 0 spiro atoms. The molecule has 0 radical (unpaired) electrons. The number of aromatic nitrogens is 4. The standard InChI is InChI=1S/C17H14ClN5O4/c18-11-5-6-14(19-9-11)20-15(24)10-27-16(25)7-8-23-17(26)12-3-1-2-4-13(12)21-22-23/h1-6,9H,7-8,10H2,(H,19,20,24). The number of halogens is 1. The number of ether oxygens (including phenoxy) is 1. The monoisotopic (exact) mass is 387 g/mol. The van der Waals surface area contributed by atoms with E-state index < -0.39 is 18.5 Å². The molecule has 2 aromatic heterocycles. The summed E-state index contributed by atoms with van der Waals surface area (Å²) in [6.07, 6.45) is 1.25. The molecule has 0 aliphatic heterocycles. The second kappa shape index (κ2) is 8.37. The summed E-state index contributed by atoms with van der Waals surface area (Å²) in [6.45, 7) is -0.475. The average molecular weight is 388 g/mol. The minimum absolute atomic E-state index is 0.00411. The van der Waals surface area contributed by atoms with Gasteiger partial charge in [0.25, 0.3) is 11.5 Å². The second-order valence-electron chi connectivity index (χ2n) is 5.46. The number of anilines is 1.